The Hall–Kier alpha value is -2.11. The third kappa shape index (κ3) is 7.91. The number of aliphatic hydroxyl groups is 1. The van der Waals surface area contributed by atoms with E-state index in [0.29, 0.717) is 5.69 Å². The van der Waals surface area contributed by atoms with E-state index in [9.17, 15) is 18.0 Å². The van der Waals surface area contributed by atoms with Crippen molar-refractivity contribution in [1.82, 2.24) is 4.98 Å². The summed E-state index contributed by atoms with van der Waals surface area (Å²) in [6.45, 7) is -2.03. The van der Waals surface area contributed by atoms with Crippen molar-refractivity contribution in [3.8, 4) is 11.8 Å². The van der Waals surface area contributed by atoms with E-state index in [1.807, 2.05) is 0 Å². The van der Waals surface area contributed by atoms with Gasteiger partial charge >= 0.3 is 6.18 Å². The molecule has 1 aromatic rings. The average molecular weight is 302 g/mol. The lowest BCUT2D eigenvalue weighted by molar-refractivity contribution is -0.174. The van der Waals surface area contributed by atoms with Gasteiger partial charge in [-0.15, -0.1) is 0 Å². The molecule has 2 N–H and O–H groups in total. The van der Waals surface area contributed by atoms with Crippen molar-refractivity contribution < 1.29 is 27.8 Å². The average Bonchev–Trinajstić information content (AvgIpc) is 2.41. The summed E-state index contributed by atoms with van der Waals surface area (Å²) in [5, 5.41) is 11.0. The second kappa shape index (κ2) is 8.24. The summed E-state index contributed by atoms with van der Waals surface area (Å²) in [4.78, 5) is 15.5. The van der Waals surface area contributed by atoms with Crippen LogP contribution in [0.4, 0.5) is 19.0 Å². The highest BCUT2D eigenvalue weighted by Gasteiger charge is 2.27. The van der Waals surface area contributed by atoms with Gasteiger partial charge in [-0.05, 0) is 18.1 Å². The maximum absolute atomic E-state index is 11.8. The van der Waals surface area contributed by atoms with Crippen LogP contribution >= 0.6 is 0 Å². The van der Waals surface area contributed by atoms with Gasteiger partial charge in [-0.25, -0.2) is 4.98 Å². The van der Waals surface area contributed by atoms with E-state index < -0.39 is 18.7 Å². The molecular formula is C13H13F3N2O3. The van der Waals surface area contributed by atoms with Crippen LogP contribution in [0.15, 0.2) is 18.2 Å². The Kier molecular flexibility index (Phi) is 6.65. The minimum atomic E-state index is -4.41. The van der Waals surface area contributed by atoms with Gasteiger partial charge in [0.2, 0.25) is 5.91 Å². The smallest absolute Gasteiger partial charge is 0.384 e. The van der Waals surface area contributed by atoms with Crippen LogP contribution in [0.2, 0.25) is 0 Å². The minimum absolute atomic E-state index is 0.218. The fraction of sp³-hybridized carbons (Fsp3) is 0.385. The maximum atomic E-state index is 11.8. The summed E-state index contributed by atoms with van der Waals surface area (Å²) in [5.41, 5.74) is 0.357. The number of halogens is 3. The van der Waals surface area contributed by atoms with Crippen molar-refractivity contribution in [3.63, 3.8) is 0 Å². The molecule has 114 valence electrons. The first-order valence-electron chi connectivity index (χ1n) is 5.92. The number of aliphatic hydroxyl groups excluding tert-OH is 1. The highest BCUT2D eigenvalue weighted by atomic mass is 19.4. The predicted molar refractivity (Wildman–Crippen MR) is 68.3 cm³/mol. The molecule has 0 aliphatic heterocycles. The largest absolute Gasteiger partial charge is 0.411 e. The highest BCUT2D eigenvalue weighted by molar-refractivity contribution is 5.89. The zero-order valence-electron chi connectivity index (χ0n) is 10.9. The number of ether oxygens (including phenoxy) is 1. The van der Waals surface area contributed by atoms with Crippen LogP contribution in [-0.2, 0) is 9.53 Å². The molecule has 0 unspecified atom stereocenters. The van der Waals surface area contributed by atoms with Gasteiger partial charge in [0.15, 0.2) is 0 Å². The monoisotopic (exact) mass is 302 g/mol. The fourth-order valence-corrected chi connectivity index (χ4v) is 1.26. The van der Waals surface area contributed by atoms with Gasteiger partial charge in [0, 0.05) is 0 Å². The van der Waals surface area contributed by atoms with Gasteiger partial charge in [0.25, 0.3) is 0 Å². The molecule has 0 spiro atoms. The lowest BCUT2D eigenvalue weighted by atomic mass is 10.3. The molecule has 0 aliphatic carbocycles. The lowest BCUT2D eigenvalue weighted by Crippen LogP contribution is -2.20. The minimum Gasteiger partial charge on any atom is -0.384 e. The third-order valence-electron chi connectivity index (χ3n) is 2.05. The second-order valence-corrected chi connectivity index (χ2v) is 3.83. The number of nitrogens with one attached hydrogen (secondary N) is 1. The van der Waals surface area contributed by atoms with Crippen molar-refractivity contribution >= 4 is 11.7 Å². The molecule has 1 amide bonds. The summed E-state index contributed by atoms with van der Waals surface area (Å²) in [5.74, 6) is 4.68. The Balaban J connectivity index is 2.41. The fourth-order valence-electron chi connectivity index (χ4n) is 1.26. The molecule has 0 atom stereocenters. The molecule has 0 saturated carbocycles. The molecule has 1 aromatic heterocycles. The topological polar surface area (TPSA) is 71.5 Å². The Labute approximate surface area is 119 Å². The Morgan fingerprint density at radius 1 is 1.43 bits per heavy atom. The molecule has 0 aromatic carbocycles. The van der Waals surface area contributed by atoms with Crippen LogP contribution in [0.1, 0.15) is 12.1 Å². The van der Waals surface area contributed by atoms with E-state index in [1.54, 1.807) is 12.1 Å². The van der Waals surface area contributed by atoms with Crippen LogP contribution < -0.4 is 5.32 Å². The van der Waals surface area contributed by atoms with Crippen molar-refractivity contribution in [2.45, 2.75) is 12.6 Å². The standard InChI is InChI=1S/C13H13F3N2O3/c14-13(15,16)9-21-8-6-12(20)18-11-5-1-3-10(17-11)4-2-7-19/h1,3,5,19H,6-9H2,(H,17,18,20). The van der Waals surface area contributed by atoms with Gasteiger partial charge in [-0.3, -0.25) is 4.79 Å². The number of carbonyl (C=O) groups is 1. The predicted octanol–water partition coefficient (Wildman–Crippen LogP) is 1.33. The van der Waals surface area contributed by atoms with Gasteiger partial charge in [0.05, 0.1) is 13.0 Å². The summed E-state index contributed by atoms with van der Waals surface area (Å²) in [6.07, 6.45) is -4.62. The number of hydrogen-bond donors (Lipinski definition) is 2. The first-order chi connectivity index (χ1) is 9.90. The number of pyridine rings is 1. The number of amides is 1. The molecule has 0 bridgehead atoms. The van der Waals surface area contributed by atoms with Crippen molar-refractivity contribution in [3.05, 3.63) is 23.9 Å². The van der Waals surface area contributed by atoms with E-state index in [4.69, 9.17) is 5.11 Å². The third-order valence-corrected chi connectivity index (χ3v) is 2.05. The molecule has 8 heteroatoms. The van der Waals surface area contributed by atoms with Gasteiger partial charge < -0.3 is 15.2 Å². The maximum Gasteiger partial charge on any atom is 0.411 e. The Morgan fingerprint density at radius 2 is 2.19 bits per heavy atom. The molecule has 0 fully saturated rings. The number of rotatable bonds is 5. The first-order valence-corrected chi connectivity index (χ1v) is 5.92. The summed E-state index contributed by atoms with van der Waals surface area (Å²) in [7, 11) is 0. The van der Waals surface area contributed by atoms with Gasteiger partial charge in [-0.2, -0.15) is 13.2 Å². The van der Waals surface area contributed by atoms with Crippen molar-refractivity contribution in [2.75, 3.05) is 25.1 Å². The van der Waals surface area contributed by atoms with Crippen molar-refractivity contribution in [2.24, 2.45) is 0 Å². The van der Waals surface area contributed by atoms with E-state index in [2.05, 4.69) is 26.9 Å². The lowest BCUT2D eigenvalue weighted by Gasteiger charge is -2.08. The zero-order valence-corrected chi connectivity index (χ0v) is 10.9. The summed E-state index contributed by atoms with van der Waals surface area (Å²) < 4.78 is 39.7. The van der Waals surface area contributed by atoms with Crippen LogP contribution in [0, 0.1) is 11.8 Å². The van der Waals surface area contributed by atoms with Crippen LogP contribution in [0.25, 0.3) is 0 Å². The van der Waals surface area contributed by atoms with E-state index in [-0.39, 0.29) is 25.5 Å². The molecule has 5 nitrogen and oxygen atoms in total. The van der Waals surface area contributed by atoms with Gasteiger partial charge in [-0.1, -0.05) is 12.0 Å². The van der Waals surface area contributed by atoms with Crippen molar-refractivity contribution in [1.29, 1.82) is 0 Å². The van der Waals surface area contributed by atoms with Crippen LogP contribution in [0.5, 0.6) is 0 Å². The molecule has 1 heterocycles. The zero-order chi connectivity index (χ0) is 15.7. The summed E-state index contributed by atoms with van der Waals surface area (Å²) in [6, 6.07) is 4.70. The molecule has 0 radical (unpaired) electrons. The summed E-state index contributed by atoms with van der Waals surface area (Å²) >= 11 is 0. The second-order valence-electron chi connectivity index (χ2n) is 3.83. The SMILES string of the molecule is O=C(CCOCC(F)(F)F)Nc1cccc(C#CCO)n1. The number of hydrogen-bond acceptors (Lipinski definition) is 4. The molecular weight excluding hydrogens is 289 g/mol. The van der Waals surface area contributed by atoms with E-state index in [0.717, 1.165) is 0 Å². The number of carbonyl (C=O) groups excluding carboxylic acids is 1. The molecule has 21 heavy (non-hydrogen) atoms. The Morgan fingerprint density at radius 3 is 2.86 bits per heavy atom. The van der Waals surface area contributed by atoms with Crippen LogP contribution in [0.3, 0.4) is 0 Å². The first kappa shape index (κ1) is 16.9. The normalized spacial score (nSPS) is 10.7. The Bertz CT molecular complexity index is 535. The molecule has 0 saturated heterocycles. The van der Waals surface area contributed by atoms with Gasteiger partial charge in [0.1, 0.15) is 24.7 Å². The van der Waals surface area contributed by atoms with E-state index >= 15 is 0 Å². The van der Waals surface area contributed by atoms with E-state index in [1.165, 1.54) is 6.07 Å². The number of aromatic nitrogens is 1. The number of nitrogens with zero attached hydrogens (tertiary/aromatic N) is 1. The quantitative estimate of drug-likeness (QED) is 0.636. The molecule has 1 rings (SSSR count). The molecule has 0 aliphatic rings. The highest BCUT2D eigenvalue weighted by Crippen LogP contribution is 2.14. The number of anilines is 1. The van der Waals surface area contributed by atoms with Crippen LogP contribution in [-0.4, -0.2) is 42.0 Å². The number of alkyl halides is 3.